The van der Waals surface area contributed by atoms with Gasteiger partial charge in [0.25, 0.3) is 6.71 Å². The highest BCUT2D eigenvalue weighted by Gasteiger charge is 2.27. The van der Waals surface area contributed by atoms with Crippen LogP contribution in [0.5, 0.6) is 0 Å². The maximum absolute atomic E-state index is 9.07. The van der Waals surface area contributed by atoms with Crippen LogP contribution in [0.2, 0.25) is 12.6 Å². The average molecular weight is 374 g/mol. The second kappa shape index (κ2) is 6.20. The van der Waals surface area contributed by atoms with Gasteiger partial charge in [-0.1, -0.05) is 36.8 Å². The Hall–Kier alpha value is -2.66. The Morgan fingerprint density at radius 3 is 2.78 bits per heavy atom. The Balaban J connectivity index is 1.46. The van der Waals surface area contributed by atoms with Gasteiger partial charge in [-0.05, 0) is 24.6 Å². The minimum absolute atomic E-state index is 0.223. The summed E-state index contributed by atoms with van der Waals surface area (Å²) in [4.78, 5) is 5.78. The van der Waals surface area contributed by atoms with Gasteiger partial charge >= 0.3 is 0 Å². The third kappa shape index (κ3) is 2.83. The molecule has 0 radical (unpaired) electrons. The first kappa shape index (κ1) is 16.5. The summed E-state index contributed by atoms with van der Waals surface area (Å²) in [5.74, 6) is 2.86. The number of nitriles is 1. The van der Waals surface area contributed by atoms with Gasteiger partial charge in [0.2, 0.25) is 4.96 Å². The van der Waals surface area contributed by atoms with Gasteiger partial charge in [0.05, 0.1) is 17.4 Å². The summed E-state index contributed by atoms with van der Waals surface area (Å²) in [5, 5.41) is 20.5. The van der Waals surface area contributed by atoms with Gasteiger partial charge in [0.15, 0.2) is 0 Å². The van der Waals surface area contributed by atoms with Gasteiger partial charge in [-0.15, -0.1) is 0 Å². The van der Waals surface area contributed by atoms with Crippen molar-refractivity contribution in [1.29, 1.82) is 5.26 Å². The minimum atomic E-state index is 0.223. The van der Waals surface area contributed by atoms with E-state index >= 15 is 0 Å². The molecule has 5 rings (SSSR count). The fraction of sp³-hybridized carbons (Fsp3) is 0.368. The van der Waals surface area contributed by atoms with E-state index in [0.717, 1.165) is 63.2 Å². The van der Waals surface area contributed by atoms with Gasteiger partial charge < -0.3 is 0 Å². The van der Waals surface area contributed by atoms with E-state index in [2.05, 4.69) is 36.3 Å². The molecule has 8 heteroatoms. The summed E-state index contributed by atoms with van der Waals surface area (Å²) in [6, 6.07) is 4.30. The summed E-state index contributed by atoms with van der Waals surface area (Å²) in [5.41, 5.74) is 4.43. The first-order chi connectivity index (χ1) is 13.1. The molecule has 1 fully saturated rings. The fourth-order valence-electron chi connectivity index (χ4n) is 4.10. The van der Waals surface area contributed by atoms with Crippen LogP contribution in [-0.4, -0.2) is 31.1 Å². The fourth-order valence-corrected chi connectivity index (χ4v) is 4.98. The Kier molecular flexibility index (Phi) is 3.79. The highest BCUT2D eigenvalue weighted by atomic mass is 32.1. The molecule has 4 aromatic rings. The standard InChI is InChI=1S/C19H19BN6S/c1-12-7-14(8-15-9-25(2)23-17(12)15)18-24-26-10-16(22-19(26)27-18)13-3-5-20(11-21)6-4-13/h7-10,13H,3-6H2,1-2H3. The molecule has 0 spiro atoms. The molecular formula is C19H19BN6S. The highest BCUT2D eigenvalue weighted by molar-refractivity contribution is 7.19. The first-order valence-corrected chi connectivity index (χ1v) is 10.1. The maximum atomic E-state index is 9.07. The monoisotopic (exact) mass is 374 g/mol. The van der Waals surface area contributed by atoms with Crippen molar-refractivity contribution in [2.24, 2.45) is 7.05 Å². The van der Waals surface area contributed by atoms with Crippen molar-refractivity contribution < 1.29 is 0 Å². The lowest BCUT2D eigenvalue weighted by molar-refractivity contribution is 0.598. The first-order valence-electron chi connectivity index (χ1n) is 9.31. The van der Waals surface area contributed by atoms with E-state index in [-0.39, 0.29) is 6.71 Å². The Morgan fingerprint density at radius 1 is 1.22 bits per heavy atom. The lowest BCUT2D eigenvalue weighted by atomic mass is 9.41. The second-order valence-corrected chi connectivity index (χ2v) is 8.47. The van der Waals surface area contributed by atoms with Crippen LogP contribution in [0.4, 0.5) is 0 Å². The zero-order valence-corrected chi connectivity index (χ0v) is 16.2. The topological polar surface area (TPSA) is 71.8 Å². The Morgan fingerprint density at radius 2 is 2.04 bits per heavy atom. The molecule has 4 heterocycles. The highest BCUT2D eigenvalue weighted by Crippen LogP contribution is 2.35. The number of aromatic nitrogens is 5. The van der Waals surface area contributed by atoms with Gasteiger partial charge in [-0.2, -0.15) is 10.2 Å². The molecule has 0 aliphatic carbocycles. The number of imidazole rings is 1. The summed E-state index contributed by atoms with van der Waals surface area (Å²) in [6.07, 6.45) is 8.17. The lowest BCUT2D eigenvalue weighted by Crippen LogP contribution is -2.19. The normalized spacial score (nSPS) is 15.7. The maximum Gasteiger partial charge on any atom is 0.267 e. The largest absolute Gasteiger partial charge is 0.275 e. The van der Waals surface area contributed by atoms with Crippen LogP contribution in [0.25, 0.3) is 26.4 Å². The van der Waals surface area contributed by atoms with Crippen molar-refractivity contribution >= 4 is 33.9 Å². The predicted octanol–water partition coefficient (Wildman–Crippen LogP) is 4.09. The van der Waals surface area contributed by atoms with Crippen LogP contribution < -0.4 is 0 Å². The third-order valence-corrected chi connectivity index (χ3v) is 6.52. The molecule has 1 aromatic carbocycles. The lowest BCUT2D eigenvalue weighted by Gasteiger charge is -2.21. The van der Waals surface area contributed by atoms with Gasteiger partial charge in [-0.3, -0.25) is 4.68 Å². The number of hydrogen-bond donors (Lipinski definition) is 0. The number of nitrogens with zero attached hydrogens (tertiary/aromatic N) is 6. The van der Waals surface area contributed by atoms with Crippen molar-refractivity contribution in [2.45, 2.75) is 38.3 Å². The molecule has 134 valence electrons. The molecule has 0 bridgehead atoms. The number of fused-ring (bicyclic) bond motifs is 2. The molecule has 0 unspecified atom stereocenters. The molecule has 27 heavy (non-hydrogen) atoms. The van der Waals surface area contributed by atoms with Crippen LogP contribution in [-0.2, 0) is 7.05 Å². The molecule has 1 aliphatic heterocycles. The molecule has 1 saturated heterocycles. The molecule has 0 atom stereocenters. The van der Waals surface area contributed by atoms with Gasteiger partial charge in [0, 0.05) is 36.1 Å². The molecule has 0 N–H and O–H groups in total. The van der Waals surface area contributed by atoms with E-state index in [0.29, 0.717) is 5.92 Å². The number of rotatable bonds is 2. The molecular weight excluding hydrogens is 355 g/mol. The summed E-state index contributed by atoms with van der Waals surface area (Å²) >= 11 is 1.63. The summed E-state index contributed by atoms with van der Waals surface area (Å²) < 4.78 is 3.76. The van der Waals surface area contributed by atoms with Crippen molar-refractivity contribution in [1.82, 2.24) is 24.4 Å². The van der Waals surface area contributed by atoms with Crippen LogP contribution in [0.3, 0.4) is 0 Å². The van der Waals surface area contributed by atoms with Gasteiger partial charge in [0.1, 0.15) is 5.01 Å². The number of benzene rings is 1. The Bertz CT molecular complexity index is 1160. The van der Waals surface area contributed by atoms with E-state index in [9.17, 15) is 0 Å². The molecule has 1 aliphatic rings. The van der Waals surface area contributed by atoms with Gasteiger partial charge in [-0.25, -0.2) is 14.8 Å². The molecule has 0 saturated carbocycles. The van der Waals surface area contributed by atoms with Crippen molar-refractivity contribution in [3.63, 3.8) is 0 Å². The zero-order valence-electron chi connectivity index (χ0n) is 15.4. The summed E-state index contributed by atoms with van der Waals surface area (Å²) in [7, 11) is 1.95. The third-order valence-electron chi connectivity index (χ3n) is 5.55. The average Bonchev–Trinajstić information content (AvgIpc) is 3.34. The zero-order chi connectivity index (χ0) is 18.5. The van der Waals surface area contributed by atoms with Crippen LogP contribution in [0.1, 0.15) is 30.0 Å². The van der Waals surface area contributed by atoms with E-state index in [1.165, 1.54) is 0 Å². The van der Waals surface area contributed by atoms with E-state index in [1.807, 2.05) is 22.4 Å². The van der Waals surface area contributed by atoms with Crippen molar-refractivity contribution in [3.05, 3.63) is 35.8 Å². The van der Waals surface area contributed by atoms with Crippen molar-refractivity contribution in [3.8, 4) is 16.5 Å². The van der Waals surface area contributed by atoms with Crippen LogP contribution in [0, 0.1) is 18.2 Å². The quantitative estimate of drug-likeness (QED) is 0.496. The second-order valence-electron chi connectivity index (χ2n) is 7.51. The van der Waals surface area contributed by atoms with E-state index in [1.54, 1.807) is 11.3 Å². The van der Waals surface area contributed by atoms with Crippen molar-refractivity contribution in [2.75, 3.05) is 0 Å². The SMILES string of the molecule is Cc1cc(-c2nn3cc(C4CCB(C#N)CC4)nc3s2)cc2cn(C)nc12. The van der Waals surface area contributed by atoms with Crippen LogP contribution in [0.15, 0.2) is 24.5 Å². The molecule has 3 aromatic heterocycles. The minimum Gasteiger partial charge on any atom is -0.275 e. The van der Waals surface area contributed by atoms with E-state index in [4.69, 9.17) is 15.3 Å². The van der Waals surface area contributed by atoms with Crippen LogP contribution >= 0.6 is 11.3 Å². The Labute approximate surface area is 161 Å². The summed E-state index contributed by atoms with van der Waals surface area (Å²) in [6.45, 7) is 2.31. The number of aryl methyl sites for hydroxylation is 2. The number of hydrogen-bond acceptors (Lipinski definition) is 5. The predicted molar refractivity (Wildman–Crippen MR) is 108 cm³/mol. The molecule has 6 nitrogen and oxygen atoms in total. The van der Waals surface area contributed by atoms with E-state index < -0.39 is 0 Å². The molecule has 0 amide bonds. The smallest absolute Gasteiger partial charge is 0.267 e.